The molecule has 0 radical (unpaired) electrons. The topological polar surface area (TPSA) is 146 Å². The van der Waals surface area contributed by atoms with Crippen molar-refractivity contribution >= 4 is 23.3 Å². The third kappa shape index (κ3) is 3.41. The van der Waals surface area contributed by atoms with Gasteiger partial charge in [-0.25, -0.2) is 4.99 Å². The molecule has 0 heterocycles. The monoisotopic (exact) mass is 240 g/mol. The molecule has 90 valence electrons. The maximum absolute atomic E-state index is 13.2. The summed E-state index contributed by atoms with van der Waals surface area (Å²) in [5.41, 5.74) is 14.8. The number of halogens is 1. The maximum Gasteiger partial charge on any atom is 0.304 e. The Balaban J connectivity index is 3.07. The highest BCUT2D eigenvalue weighted by molar-refractivity contribution is 5.93. The summed E-state index contributed by atoms with van der Waals surface area (Å²) < 4.78 is 13.2. The number of hydrogen-bond acceptors (Lipinski definition) is 3. The zero-order chi connectivity index (χ0) is 13.0. The normalized spacial score (nSPS) is 11.0. The van der Waals surface area contributed by atoms with Gasteiger partial charge in [-0.1, -0.05) is 0 Å². The van der Waals surface area contributed by atoms with Crippen molar-refractivity contribution in [3.8, 4) is 0 Å². The number of nitro benzene ring substituents is 1. The Bertz CT molecular complexity index is 509. The molecule has 1 aromatic carbocycles. The van der Waals surface area contributed by atoms with Crippen molar-refractivity contribution in [3.05, 3.63) is 34.1 Å². The molecule has 0 aliphatic carbocycles. The lowest BCUT2D eigenvalue weighted by atomic mass is 10.3. The lowest BCUT2D eigenvalue weighted by Gasteiger charge is -1.97. The summed E-state index contributed by atoms with van der Waals surface area (Å²) in [7, 11) is 0. The van der Waals surface area contributed by atoms with Crippen molar-refractivity contribution in [3.63, 3.8) is 0 Å². The fourth-order valence-electron chi connectivity index (χ4n) is 1.00. The van der Waals surface area contributed by atoms with E-state index in [0.717, 1.165) is 12.1 Å². The summed E-state index contributed by atoms with van der Waals surface area (Å²) in [6.45, 7) is 0. The van der Waals surface area contributed by atoms with Gasteiger partial charge in [0.2, 0.25) is 11.8 Å². The lowest BCUT2D eigenvalue weighted by Crippen LogP contribution is -2.26. The van der Waals surface area contributed by atoms with Gasteiger partial charge in [0.15, 0.2) is 5.96 Å². The average Bonchev–Trinajstić information content (AvgIpc) is 2.15. The van der Waals surface area contributed by atoms with Crippen LogP contribution in [0.4, 0.5) is 15.8 Å². The standard InChI is InChI=1S/C8H9FN6O2/c9-5-3-4(1-2-6(5)15(16)17)13-8(12)14-7(10)11/h1-3H,(H6,10,11,12,13,14). The zero-order valence-electron chi connectivity index (χ0n) is 8.50. The predicted octanol–water partition coefficient (Wildman–Crippen LogP) is -0.0465. The highest BCUT2D eigenvalue weighted by atomic mass is 19.1. The van der Waals surface area contributed by atoms with Crippen molar-refractivity contribution in [1.82, 2.24) is 0 Å². The first-order valence-electron chi connectivity index (χ1n) is 4.28. The minimum absolute atomic E-state index is 0.0654. The van der Waals surface area contributed by atoms with Crippen LogP contribution in [0.2, 0.25) is 0 Å². The van der Waals surface area contributed by atoms with Crippen molar-refractivity contribution < 1.29 is 9.31 Å². The van der Waals surface area contributed by atoms with Gasteiger partial charge < -0.3 is 17.2 Å². The summed E-state index contributed by atoms with van der Waals surface area (Å²) in [6.07, 6.45) is 0. The van der Waals surface area contributed by atoms with Gasteiger partial charge in [0.05, 0.1) is 10.6 Å². The van der Waals surface area contributed by atoms with Crippen molar-refractivity contribution in [1.29, 1.82) is 0 Å². The van der Waals surface area contributed by atoms with Crippen LogP contribution < -0.4 is 17.2 Å². The quantitative estimate of drug-likeness (QED) is 0.287. The molecule has 1 aromatic rings. The smallest absolute Gasteiger partial charge is 0.304 e. The summed E-state index contributed by atoms with van der Waals surface area (Å²) in [5.74, 6) is -1.60. The average molecular weight is 240 g/mol. The number of nitro groups is 1. The fourth-order valence-corrected chi connectivity index (χ4v) is 1.00. The molecule has 0 unspecified atom stereocenters. The highest BCUT2D eigenvalue weighted by Gasteiger charge is 2.13. The van der Waals surface area contributed by atoms with Gasteiger partial charge in [-0.05, 0) is 6.07 Å². The molecule has 9 heteroatoms. The Morgan fingerprint density at radius 2 is 2.00 bits per heavy atom. The summed E-state index contributed by atoms with van der Waals surface area (Å²) in [6, 6.07) is 3.04. The molecule has 0 aromatic heterocycles. The molecule has 6 N–H and O–H groups in total. The SMILES string of the molecule is NC(N)=NC(N)=Nc1ccc([N+](=O)[O-])c(F)c1. The van der Waals surface area contributed by atoms with E-state index in [4.69, 9.17) is 17.2 Å². The number of rotatable bonds is 2. The van der Waals surface area contributed by atoms with E-state index >= 15 is 0 Å². The van der Waals surface area contributed by atoms with E-state index in [1.54, 1.807) is 0 Å². The van der Waals surface area contributed by atoms with Crippen LogP contribution >= 0.6 is 0 Å². The van der Waals surface area contributed by atoms with Crippen LogP contribution in [0.15, 0.2) is 28.2 Å². The van der Waals surface area contributed by atoms with E-state index in [1.165, 1.54) is 6.07 Å². The van der Waals surface area contributed by atoms with Crippen molar-refractivity contribution in [2.75, 3.05) is 0 Å². The predicted molar refractivity (Wildman–Crippen MR) is 60.1 cm³/mol. The number of nitrogens with zero attached hydrogens (tertiary/aromatic N) is 3. The number of hydrogen-bond donors (Lipinski definition) is 3. The highest BCUT2D eigenvalue weighted by Crippen LogP contribution is 2.22. The Morgan fingerprint density at radius 3 is 2.47 bits per heavy atom. The second-order valence-electron chi connectivity index (χ2n) is 2.90. The fraction of sp³-hybridized carbons (Fsp3) is 0. The van der Waals surface area contributed by atoms with Crippen LogP contribution in [0.3, 0.4) is 0 Å². The van der Waals surface area contributed by atoms with E-state index in [-0.39, 0.29) is 17.6 Å². The van der Waals surface area contributed by atoms with Crippen LogP contribution in [0, 0.1) is 15.9 Å². The molecular formula is C8H9FN6O2. The van der Waals surface area contributed by atoms with Gasteiger partial charge in [0.25, 0.3) is 0 Å². The van der Waals surface area contributed by atoms with Crippen LogP contribution in [0.5, 0.6) is 0 Å². The lowest BCUT2D eigenvalue weighted by molar-refractivity contribution is -0.387. The molecule has 0 spiro atoms. The molecule has 0 saturated heterocycles. The van der Waals surface area contributed by atoms with Gasteiger partial charge in [-0.15, -0.1) is 0 Å². The van der Waals surface area contributed by atoms with Gasteiger partial charge >= 0.3 is 5.69 Å². The van der Waals surface area contributed by atoms with Gasteiger partial charge in [-0.3, -0.25) is 10.1 Å². The molecule has 8 nitrogen and oxygen atoms in total. The minimum Gasteiger partial charge on any atom is -0.370 e. The Labute approximate surface area is 94.8 Å². The molecule has 0 aliphatic heterocycles. The Hall–Kier alpha value is -2.71. The van der Waals surface area contributed by atoms with Gasteiger partial charge in [0.1, 0.15) is 0 Å². The molecule has 0 fully saturated rings. The number of guanidine groups is 2. The van der Waals surface area contributed by atoms with E-state index in [1.807, 2.05) is 0 Å². The second-order valence-corrected chi connectivity index (χ2v) is 2.90. The Kier molecular flexibility index (Phi) is 3.55. The van der Waals surface area contributed by atoms with Crippen molar-refractivity contribution in [2.45, 2.75) is 0 Å². The maximum atomic E-state index is 13.2. The number of nitrogens with two attached hydrogens (primary N) is 3. The summed E-state index contributed by atoms with van der Waals surface area (Å²) >= 11 is 0. The largest absolute Gasteiger partial charge is 0.370 e. The summed E-state index contributed by atoms with van der Waals surface area (Å²) in [5, 5.41) is 10.4. The molecule has 17 heavy (non-hydrogen) atoms. The van der Waals surface area contributed by atoms with Crippen LogP contribution in [-0.2, 0) is 0 Å². The van der Waals surface area contributed by atoms with E-state index in [2.05, 4.69) is 9.98 Å². The third-order valence-electron chi connectivity index (χ3n) is 1.62. The minimum atomic E-state index is -1.02. The first kappa shape index (κ1) is 12.4. The molecular weight excluding hydrogens is 231 g/mol. The van der Waals surface area contributed by atoms with E-state index in [0.29, 0.717) is 0 Å². The van der Waals surface area contributed by atoms with Gasteiger partial charge in [0, 0.05) is 12.1 Å². The number of aliphatic imine (C=N–C) groups is 2. The van der Waals surface area contributed by atoms with E-state index < -0.39 is 16.4 Å². The first-order chi connectivity index (χ1) is 7.90. The first-order valence-corrected chi connectivity index (χ1v) is 4.28. The van der Waals surface area contributed by atoms with Crippen molar-refractivity contribution in [2.24, 2.45) is 27.2 Å². The molecule has 0 bridgehead atoms. The van der Waals surface area contributed by atoms with Crippen LogP contribution in [0.1, 0.15) is 0 Å². The number of benzene rings is 1. The molecule has 0 aliphatic rings. The van der Waals surface area contributed by atoms with E-state index in [9.17, 15) is 14.5 Å². The van der Waals surface area contributed by atoms with Crippen LogP contribution in [-0.4, -0.2) is 16.8 Å². The molecule has 0 atom stereocenters. The Morgan fingerprint density at radius 1 is 1.35 bits per heavy atom. The zero-order valence-corrected chi connectivity index (χ0v) is 8.50. The van der Waals surface area contributed by atoms with Crippen LogP contribution in [0.25, 0.3) is 0 Å². The summed E-state index contributed by atoms with van der Waals surface area (Å²) in [4.78, 5) is 16.6. The molecule has 1 rings (SSSR count). The second kappa shape index (κ2) is 4.88. The van der Waals surface area contributed by atoms with Gasteiger partial charge in [-0.2, -0.15) is 9.38 Å². The third-order valence-corrected chi connectivity index (χ3v) is 1.62. The molecule has 0 amide bonds. The molecule has 0 saturated carbocycles.